The summed E-state index contributed by atoms with van der Waals surface area (Å²) < 4.78 is 28.6. The van der Waals surface area contributed by atoms with Crippen molar-refractivity contribution >= 4 is 40.3 Å². The van der Waals surface area contributed by atoms with E-state index in [2.05, 4.69) is 14.7 Å². The molecule has 1 aromatic heterocycles. The van der Waals surface area contributed by atoms with Crippen LogP contribution in [-0.4, -0.2) is 40.2 Å². The molecular weight excluding hydrogens is 396 g/mol. The second-order valence-electron chi connectivity index (χ2n) is 5.76. The number of hydrogen-bond donors (Lipinski definition) is 1. The van der Waals surface area contributed by atoms with Gasteiger partial charge in [-0.1, -0.05) is 35.5 Å². The minimum atomic E-state index is -2.86. The Morgan fingerprint density at radius 3 is 2.74 bits per heavy atom. The SMILES string of the molecule is CN(Cc1ccc(OC(F)F)cc1)C(=O)CSc1nc2ccc(Cl)cc2[nH]1. The predicted octanol–water partition coefficient (Wildman–Crippen LogP) is 4.57. The molecule has 0 saturated carbocycles. The van der Waals surface area contributed by atoms with Crippen molar-refractivity contribution in [3.63, 3.8) is 0 Å². The Bertz CT molecular complexity index is 934. The van der Waals surface area contributed by atoms with Gasteiger partial charge in [0.25, 0.3) is 0 Å². The lowest BCUT2D eigenvalue weighted by atomic mass is 10.2. The molecule has 0 fully saturated rings. The Morgan fingerprint density at radius 1 is 1.30 bits per heavy atom. The van der Waals surface area contributed by atoms with E-state index in [-0.39, 0.29) is 17.4 Å². The lowest BCUT2D eigenvalue weighted by Gasteiger charge is -2.17. The third-order valence-electron chi connectivity index (χ3n) is 3.75. The third-order valence-corrected chi connectivity index (χ3v) is 4.84. The maximum Gasteiger partial charge on any atom is 0.387 e. The van der Waals surface area contributed by atoms with Gasteiger partial charge in [0.2, 0.25) is 5.91 Å². The fraction of sp³-hybridized carbons (Fsp3) is 0.222. The van der Waals surface area contributed by atoms with E-state index in [0.717, 1.165) is 16.6 Å². The number of nitrogens with zero attached hydrogens (tertiary/aromatic N) is 2. The van der Waals surface area contributed by atoms with E-state index in [1.807, 2.05) is 6.07 Å². The van der Waals surface area contributed by atoms with Gasteiger partial charge in [-0.2, -0.15) is 8.78 Å². The van der Waals surface area contributed by atoms with Crippen LogP contribution in [0.2, 0.25) is 5.02 Å². The van der Waals surface area contributed by atoms with Crippen molar-refractivity contribution in [3.05, 3.63) is 53.1 Å². The number of halogens is 3. The number of fused-ring (bicyclic) bond motifs is 1. The fourth-order valence-electron chi connectivity index (χ4n) is 2.41. The number of aromatic amines is 1. The van der Waals surface area contributed by atoms with Crippen LogP contribution >= 0.6 is 23.4 Å². The van der Waals surface area contributed by atoms with Gasteiger partial charge < -0.3 is 14.6 Å². The van der Waals surface area contributed by atoms with Crippen molar-refractivity contribution in [2.75, 3.05) is 12.8 Å². The van der Waals surface area contributed by atoms with E-state index in [4.69, 9.17) is 11.6 Å². The molecular formula is C18H16ClF2N3O2S. The highest BCUT2D eigenvalue weighted by Crippen LogP contribution is 2.22. The van der Waals surface area contributed by atoms with E-state index < -0.39 is 6.61 Å². The summed E-state index contributed by atoms with van der Waals surface area (Å²) in [5.41, 5.74) is 2.42. The molecule has 142 valence electrons. The largest absolute Gasteiger partial charge is 0.435 e. The summed E-state index contributed by atoms with van der Waals surface area (Å²) in [5, 5.41) is 1.26. The number of amides is 1. The number of carbonyl (C=O) groups excluding carboxylic acids is 1. The van der Waals surface area contributed by atoms with Crippen LogP contribution in [0, 0.1) is 0 Å². The average molecular weight is 412 g/mol. The predicted molar refractivity (Wildman–Crippen MR) is 101 cm³/mol. The zero-order valence-electron chi connectivity index (χ0n) is 14.3. The van der Waals surface area contributed by atoms with Crippen molar-refractivity contribution in [3.8, 4) is 5.75 Å². The standard InChI is InChI=1S/C18H16ClF2N3O2S/c1-24(9-11-2-5-13(6-3-11)26-17(20)21)16(25)10-27-18-22-14-7-4-12(19)8-15(14)23-18/h2-8,17H,9-10H2,1H3,(H,22,23). The first-order valence-corrected chi connectivity index (χ1v) is 9.33. The summed E-state index contributed by atoms with van der Waals surface area (Å²) in [6, 6.07) is 11.6. The number of thioether (sulfide) groups is 1. The van der Waals surface area contributed by atoms with E-state index in [0.29, 0.717) is 16.7 Å². The van der Waals surface area contributed by atoms with Crippen LogP contribution in [-0.2, 0) is 11.3 Å². The lowest BCUT2D eigenvalue weighted by molar-refractivity contribution is -0.127. The molecule has 0 aliphatic carbocycles. The first-order valence-electron chi connectivity index (χ1n) is 7.96. The Morgan fingerprint density at radius 2 is 2.04 bits per heavy atom. The van der Waals surface area contributed by atoms with Crippen molar-refractivity contribution < 1.29 is 18.3 Å². The molecule has 0 bridgehead atoms. The Labute approximate surface area is 163 Å². The molecule has 0 aliphatic rings. The molecule has 3 rings (SSSR count). The smallest absolute Gasteiger partial charge is 0.387 e. The number of benzene rings is 2. The molecule has 0 radical (unpaired) electrons. The van der Waals surface area contributed by atoms with Crippen LogP contribution in [0.3, 0.4) is 0 Å². The summed E-state index contributed by atoms with van der Waals surface area (Å²) in [7, 11) is 1.69. The van der Waals surface area contributed by atoms with Gasteiger partial charge in [0.05, 0.1) is 16.8 Å². The number of alkyl halides is 2. The topological polar surface area (TPSA) is 58.2 Å². The minimum Gasteiger partial charge on any atom is -0.435 e. The highest BCUT2D eigenvalue weighted by Gasteiger charge is 2.12. The second kappa shape index (κ2) is 8.58. The first-order chi connectivity index (χ1) is 12.9. The number of aromatic nitrogens is 2. The minimum absolute atomic E-state index is 0.0774. The molecule has 1 N–H and O–H groups in total. The molecule has 0 aliphatic heterocycles. The zero-order valence-corrected chi connectivity index (χ0v) is 15.9. The van der Waals surface area contributed by atoms with Crippen molar-refractivity contribution in [2.24, 2.45) is 0 Å². The van der Waals surface area contributed by atoms with Gasteiger partial charge in [-0.05, 0) is 35.9 Å². The van der Waals surface area contributed by atoms with Crippen LogP contribution in [0.5, 0.6) is 5.75 Å². The van der Waals surface area contributed by atoms with Crippen LogP contribution in [0.1, 0.15) is 5.56 Å². The summed E-state index contributed by atoms with van der Waals surface area (Å²) in [4.78, 5) is 21.4. The maximum atomic E-state index is 12.3. The second-order valence-corrected chi connectivity index (χ2v) is 7.16. The molecule has 0 saturated heterocycles. The van der Waals surface area contributed by atoms with E-state index in [1.54, 1.807) is 36.2 Å². The van der Waals surface area contributed by atoms with Gasteiger partial charge in [-0.25, -0.2) is 4.98 Å². The van der Waals surface area contributed by atoms with Gasteiger partial charge in [0.15, 0.2) is 5.16 Å². The van der Waals surface area contributed by atoms with Crippen LogP contribution in [0.15, 0.2) is 47.6 Å². The normalized spacial score (nSPS) is 11.1. The maximum absolute atomic E-state index is 12.3. The third kappa shape index (κ3) is 5.33. The zero-order chi connectivity index (χ0) is 19.4. The molecule has 0 spiro atoms. The molecule has 9 heteroatoms. The quantitative estimate of drug-likeness (QED) is 0.579. The van der Waals surface area contributed by atoms with Gasteiger partial charge in [-0.15, -0.1) is 0 Å². The molecule has 0 atom stereocenters. The van der Waals surface area contributed by atoms with E-state index in [1.165, 1.54) is 23.9 Å². The molecule has 1 heterocycles. The Balaban J connectivity index is 1.53. The van der Waals surface area contributed by atoms with Crippen LogP contribution in [0.4, 0.5) is 8.78 Å². The van der Waals surface area contributed by atoms with Gasteiger partial charge >= 0.3 is 6.61 Å². The number of carbonyl (C=O) groups is 1. The lowest BCUT2D eigenvalue weighted by Crippen LogP contribution is -2.27. The number of nitrogens with one attached hydrogen (secondary N) is 1. The summed E-state index contributed by atoms with van der Waals surface area (Å²) in [6.07, 6.45) is 0. The molecule has 27 heavy (non-hydrogen) atoms. The number of rotatable bonds is 7. The monoisotopic (exact) mass is 411 g/mol. The van der Waals surface area contributed by atoms with Crippen LogP contribution < -0.4 is 4.74 Å². The van der Waals surface area contributed by atoms with Gasteiger partial charge in [0.1, 0.15) is 5.75 Å². The van der Waals surface area contributed by atoms with Crippen molar-refractivity contribution in [1.82, 2.24) is 14.9 Å². The number of hydrogen-bond acceptors (Lipinski definition) is 4. The molecule has 1 amide bonds. The van der Waals surface area contributed by atoms with Crippen molar-refractivity contribution in [2.45, 2.75) is 18.3 Å². The molecule has 2 aromatic carbocycles. The van der Waals surface area contributed by atoms with Crippen LogP contribution in [0.25, 0.3) is 11.0 Å². The highest BCUT2D eigenvalue weighted by atomic mass is 35.5. The molecule has 0 unspecified atom stereocenters. The Hall–Kier alpha value is -2.32. The first kappa shape index (κ1) is 19.4. The van der Waals surface area contributed by atoms with Crippen molar-refractivity contribution in [1.29, 1.82) is 0 Å². The van der Waals surface area contributed by atoms with Gasteiger partial charge in [0, 0.05) is 18.6 Å². The van der Waals surface area contributed by atoms with Gasteiger partial charge in [-0.3, -0.25) is 4.79 Å². The number of ether oxygens (including phenoxy) is 1. The average Bonchev–Trinajstić information content (AvgIpc) is 3.02. The number of H-pyrrole nitrogens is 1. The summed E-state index contributed by atoms with van der Waals surface area (Å²) in [5.74, 6) is 0.228. The number of imidazole rings is 1. The fourth-order valence-corrected chi connectivity index (χ4v) is 3.40. The van der Waals surface area contributed by atoms with E-state index >= 15 is 0 Å². The molecule has 5 nitrogen and oxygen atoms in total. The Kier molecular flexibility index (Phi) is 6.18. The summed E-state index contributed by atoms with van der Waals surface area (Å²) in [6.45, 7) is -2.49. The van der Waals surface area contributed by atoms with E-state index in [9.17, 15) is 13.6 Å². The summed E-state index contributed by atoms with van der Waals surface area (Å²) >= 11 is 7.25. The highest BCUT2D eigenvalue weighted by molar-refractivity contribution is 7.99. The molecule has 3 aromatic rings.